The van der Waals surface area contributed by atoms with Gasteiger partial charge in [-0.25, -0.2) is 4.39 Å². The number of benzene rings is 1. The fourth-order valence-corrected chi connectivity index (χ4v) is 2.33. The van der Waals surface area contributed by atoms with Crippen molar-refractivity contribution in [2.45, 2.75) is 30.8 Å². The number of carbonyl (C=O) groups excluding carboxylic acids is 1. The molecule has 0 heterocycles. The standard InChI is InChI=1S/C15H21FN2O2.ClH/c1-20-13(9-17)8-14(19)18-10-15(6-7-15)11-2-4-12(16)5-3-11;/h2-5,13H,6-10,17H2,1H3,(H,18,19);1H. The number of methoxy groups -OCH3 is 1. The molecular weight excluding hydrogens is 295 g/mol. The molecule has 1 atom stereocenters. The van der Waals surface area contributed by atoms with Crippen LogP contribution in [0.1, 0.15) is 24.8 Å². The van der Waals surface area contributed by atoms with Crippen molar-refractivity contribution in [1.82, 2.24) is 5.32 Å². The summed E-state index contributed by atoms with van der Waals surface area (Å²) < 4.78 is 18.0. The van der Waals surface area contributed by atoms with Crippen molar-refractivity contribution in [2.24, 2.45) is 5.73 Å². The summed E-state index contributed by atoms with van der Waals surface area (Å²) in [5.74, 6) is -0.296. The third kappa shape index (κ3) is 4.66. The quantitative estimate of drug-likeness (QED) is 0.805. The molecule has 0 aromatic heterocycles. The minimum absolute atomic E-state index is 0. The van der Waals surface area contributed by atoms with Gasteiger partial charge in [0.15, 0.2) is 0 Å². The predicted octanol–water partition coefficient (Wildman–Crippen LogP) is 1.76. The summed E-state index contributed by atoms with van der Waals surface area (Å²) in [5, 5.41) is 2.93. The summed E-state index contributed by atoms with van der Waals surface area (Å²) in [6.45, 7) is 0.908. The zero-order valence-electron chi connectivity index (χ0n) is 12.1. The first-order valence-electron chi connectivity index (χ1n) is 6.85. The lowest BCUT2D eigenvalue weighted by Crippen LogP contribution is -2.36. The molecule has 1 saturated carbocycles. The molecule has 21 heavy (non-hydrogen) atoms. The van der Waals surface area contributed by atoms with Crippen molar-refractivity contribution in [3.8, 4) is 0 Å². The number of carbonyl (C=O) groups is 1. The number of halogens is 2. The van der Waals surface area contributed by atoms with Gasteiger partial charge in [0, 0.05) is 25.6 Å². The summed E-state index contributed by atoms with van der Waals surface area (Å²) in [6.07, 6.45) is 2.07. The van der Waals surface area contributed by atoms with Gasteiger partial charge in [0.25, 0.3) is 0 Å². The maximum absolute atomic E-state index is 12.9. The number of amides is 1. The average Bonchev–Trinajstić information content (AvgIpc) is 3.24. The Balaban J connectivity index is 0.00000220. The van der Waals surface area contributed by atoms with Gasteiger partial charge in [-0.15, -0.1) is 12.4 Å². The molecule has 3 N–H and O–H groups in total. The first-order chi connectivity index (χ1) is 9.59. The SMILES string of the molecule is COC(CN)CC(=O)NCC1(c2ccc(F)cc2)CC1.Cl. The van der Waals surface area contributed by atoms with Crippen LogP contribution in [0, 0.1) is 5.82 Å². The van der Waals surface area contributed by atoms with E-state index in [9.17, 15) is 9.18 Å². The minimum Gasteiger partial charge on any atom is -0.380 e. The van der Waals surface area contributed by atoms with E-state index in [0.29, 0.717) is 13.1 Å². The second kappa shape index (κ2) is 7.73. The lowest BCUT2D eigenvalue weighted by molar-refractivity contribution is -0.123. The van der Waals surface area contributed by atoms with Gasteiger partial charge in [0.05, 0.1) is 12.5 Å². The Bertz CT molecular complexity index is 459. The van der Waals surface area contributed by atoms with Crippen LogP contribution in [0.3, 0.4) is 0 Å². The van der Waals surface area contributed by atoms with Gasteiger partial charge in [0.1, 0.15) is 5.82 Å². The number of nitrogens with one attached hydrogen (secondary N) is 1. The van der Waals surface area contributed by atoms with E-state index in [1.54, 1.807) is 19.2 Å². The molecule has 1 aromatic rings. The number of rotatable bonds is 7. The highest BCUT2D eigenvalue weighted by Gasteiger charge is 2.44. The average molecular weight is 317 g/mol. The van der Waals surface area contributed by atoms with Crippen molar-refractivity contribution < 1.29 is 13.9 Å². The lowest BCUT2D eigenvalue weighted by Gasteiger charge is -2.18. The van der Waals surface area contributed by atoms with Crippen molar-refractivity contribution in [2.75, 3.05) is 20.2 Å². The maximum Gasteiger partial charge on any atom is 0.222 e. The van der Waals surface area contributed by atoms with E-state index in [1.165, 1.54) is 12.1 Å². The summed E-state index contributed by atoms with van der Waals surface area (Å²) >= 11 is 0. The van der Waals surface area contributed by atoms with Crippen LogP contribution in [0.4, 0.5) is 4.39 Å². The van der Waals surface area contributed by atoms with Gasteiger partial charge in [-0.3, -0.25) is 4.79 Å². The smallest absolute Gasteiger partial charge is 0.222 e. The Hall–Kier alpha value is -1.17. The normalized spacial score (nSPS) is 16.7. The molecule has 0 saturated heterocycles. The first kappa shape index (κ1) is 17.9. The first-order valence-corrected chi connectivity index (χ1v) is 6.85. The van der Waals surface area contributed by atoms with Crippen LogP contribution in [-0.4, -0.2) is 32.2 Å². The summed E-state index contributed by atoms with van der Waals surface area (Å²) in [5.41, 5.74) is 6.56. The van der Waals surface area contributed by atoms with Crippen molar-refractivity contribution >= 4 is 18.3 Å². The molecule has 0 radical (unpaired) electrons. The zero-order chi connectivity index (χ0) is 14.6. The number of ether oxygens (including phenoxy) is 1. The third-order valence-corrected chi connectivity index (χ3v) is 3.94. The van der Waals surface area contributed by atoms with Crippen molar-refractivity contribution in [3.05, 3.63) is 35.6 Å². The fraction of sp³-hybridized carbons (Fsp3) is 0.533. The Labute approximate surface area is 130 Å². The van der Waals surface area contributed by atoms with Gasteiger partial charge in [-0.2, -0.15) is 0 Å². The van der Waals surface area contributed by atoms with E-state index in [2.05, 4.69) is 5.32 Å². The van der Waals surface area contributed by atoms with Crippen LogP contribution in [0.5, 0.6) is 0 Å². The topological polar surface area (TPSA) is 64.3 Å². The van der Waals surface area contributed by atoms with Gasteiger partial charge >= 0.3 is 0 Å². The lowest BCUT2D eigenvalue weighted by atomic mass is 9.96. The number of hydrogen-bond donors (Lipinski definition) is 2. The van der Waals surface area contributed by atoms with Crippen LogP contribution in [0.2, 0.25) is 0 Å². The van der Waals surface area contributed by atoms with Crippen LogP contribution in [0.25, 0.3) is 0 Å². The Kier molecular flexibility index (Phi) is 6.58. The van der Waals surface area contributed by atoms with Crippen LogP contribution in [0.15, 0.2) is 24.3 Å². The molecule has 118 valence electrons. The summed E-state index contributed by atoms with van der Waals surface area (Å²) in [7, 11) is 1.55. The highest BCUT2D eigenvalue weighted by Crippen LogP contribution is 2.47. The van der Waals surface area contributed by atoms with Crippen LogP contribution in [-0.2, 0) is 14.9 Å². The second-order valence-electron chi connectivity index (χ2n) is 5.36. The molecular formula is C15H22ClFN2O2. The minimum atomic E-state index is -0.240. The molecule has 1 aliphatic rings. The Morgan fingerprint density at radius 3 is 2.52 bits per heavy atom. The van der Waals surface area contributed by atoms with E-state index in [4.69, 9.17) is 10.5 Å². The van der Waals surface area contributed by atoms with Gasteiger partial charge < -0.3 is 15.8 Å². The van der Waals surface area contributed by atoms with E-state index >= 15 is 0 Å². The van der Waals surface area contributed by atoms with Crippen molar-refractivity contribution in [1.29, 1.82) is 0 Å². The highest BCUT2D eigenvalue weighted by atomic mass is 35.5. The maximum atomic E-state index is 12.9. The summed E-state index contributed by atoms with van der Waals surface area (Å²) in [4.78, 5) is 11.8. The second-order valence-corrected chi connectivity index (χ2v) is 5.36. The Morgan fingerprint density at radius 2 is 2.05 bits per heavy atom. The van der Waals surface area contributed by atoms with E-state index in [1.807, 2.05) is 0 Å². The monoisotopic (exact) mass is 316 g/mol. The predicted molar refractivity (Wildman–Crippen MR) is 82.0 cm³/mol. The van der Waals surface area contributed by atoms with Gasteiger partial charge in [0.2, 0.25) is 5.91 Å². The Morgan fingerprint density at radius 1 is 1.43 bits per heavy atom. The molecule has 1 unspecified atom stereocenters. The molecule has 0 bridgehead atoms. The molecule has 0 aliphatic heterocycles. The van der Waals surface area contributed by atoms with E-state index in [-0.39, 0.29) is 42.1 Å². The molecule has 0 spiro atoms. The summed E-state index contributed by atoms with van der Waals surface area (Å²) in [6, 6.07) is 6.53. The molecule has 6 heteroatoms. The van der Waals surface area contributed by atoms with Crippen LogP contribution < -0.4 is 11.1 Å². The third-order valence-electron chi connectivity index (χ3n) is 3.94. The largest absolute Gasteiger partial charge is 0.380 e. The van der Waals surface area contributed by atoms with E-state index < -0.39 is 0 Å². The van der Waals surface area contributed by atoms with Gasteiger partial charge in [-0.05, 0) is 30.5 Å². The van der Waals surface area contributed by atoms with Gasteiger partial charge in [-0.1, -0.05) is 12.1 Å². The highest BCUT2D eigenvalue weighted by molar-refractivity contribution is 5.85. The molecule has 1 aliphatic carbocycles. The van der Waals surface area contributed by atoms with Crippen molar-refractivity contribution in [3.63, 3.8) is 0 Å². The fourth-order valence-electron chi connectivity index (χ4n) is 2.33. The zero-order valence-corrected chi connectivity index (χ0v) is 12.9. The molecule has 4 nitrogen and oxygen atoms in total. The van der Waals surface area contributed by atoms with Crippen LogP contribution >= 0.6 is 12.4 Å². The number of nitrogens with two attached hydrogens (primary N) is 1. The molecule has 1 aromatic carbocycles. The molecule has 2 rings (SSSR count). The molecule has 1 amide bonds. The number of hydrogen-bond acceptors (Lipinski definition) is 3. The molecule has 1 fully saturated rings. The van der Waals surface area contributed by atoms with E-state index in [0.717, 1.165) is 18.4 Å².